The summed E-state index contributed by atoms with van der Waals surface area (Å²) in [5.41, 5.74) is 2.87. The Bertz CT molecular complexity index is 605. The lowest BCUT2D eigenvalue weighted by Crippen LogP contribution is -2.28. The van der Waals surface area contributed by atoms with Crippen molar-refractivity contribution in [2.45, 2.75) is 12.8 Å². The molecule has 1 saturated heterocycles. The molecule has 114 valence electrons. The van der Waals surface area contributed by atoms with Crippen LogP contribution in [-0.4, -0.2) is 19.1 Å². The summed E-state index contributed by atoms with van der Waals surface area (Å²) < 4.78 is 5.28. The minimum absolute atomic E-state index is 0.0656. The SMILES string of the molecule is O=C(Nc1ccc(Nc2ccccc2)cc1)C1CCOCC1. The molecule has 0 unspecified atom stereocenters. The van der Waals surface area contributed by atoms with Crippen molar-refractivity contribution in [1.29, 1.82) is 0 Å². The molecule has 2 aromatic rings. The Hall–Kier alpha value is -2.33. The summed E-state index contributed by atoms with van der Waals surface area (Å²) in [5.74, 6) is 0.155. The molecule has 0 aromatic heterocycles. The molecule has 22 heavy (non-hydrogen) atoms. The summed E-state index contributed by atoms with van der Waals surface area (Å²) in [5, 5.41) is 6.30. The van der Waals surface area contributed by atoms with E-state index in [4.69, 9.17) is 4.74 Å². The second-order valence-electron chi connectivity index (χ2n) is 5.44. The van der Waals surface area contributed by atoms with Crippen molar-refractivity contribution in [2.75, 3.05) is 23.8 Å². The Morgan fingerprint density at radius 1 is 0.864 bits per heavy atom. The van der Waals surface area contributed by atoms with Crippen molar-refractivity contribution in [2.24, 2.45) is 5.92 Å². The number of anilines is 3. The first-order valence-corrected chi connectivity index (χ1v) is 7.62. The molecular formula is C18H20N2O2. The van der Waals surface area contributed by atoms with Gasteiger partial charge in [0.25, 0.3) is 0 Å². The largest absolute Gasteiger partial charge is 0.381 e. The molecule has 2 N–H and O–H groups in total. The van der Waals surface area contributed by atoms with E-state index in [1.54, 1.807) is 0 Å². The van der Waals surface area contributed by atoms with E-state index in [0.29, 0.717) is 13.2 Å². The lowest BCUT2D eigenvalue weighted by atomic mass is 9.99. The van der Waals surface area contributed by atoms with E-state index in [9.17, 15) is 4.79 Å². The van der Waals surface area contributed by atoms with Gasteiger partial charge in [0.2, 0.25) is 5.91 Å². The number of nitrogens with one attached hydrogen (secondary N) is 2. The van der Waals surface area contributed by atoms with Gasteiger partial charge in [-0.15, -0.1) is 0 Å². The standard InChI is InChI=1S/C18H20N2O2/c21-18(14-10-12-22-13-11-14)20-17-8-6-16(7-9-17)19-15-4-2-1-3-5-15/h1-9,14,19H,10-13H2,(H,20,21). The average Bonchev–Trinajstić information content (AvgIpc) is 2.58. The smallest absolute Gasteiger partial charge is 0.227 e. The summed E-state index contributed by atoms with van der Waals surface area (Å²) in [4.78, 5) is 12.2. The van der Waals surface area contributed by atoms with Crippen LogP contribution < -0.4 is 10.6 Å². The molecule has 0 atom stereocenters. The second-order valence-corrected chi connectivity index (χ2v) is 5.44. The van der Waals surface area contributed by atoms with Crippen LogP contribution >= 0.6 is 0 Å². The summed E-state index contributed by atoms with van der Waals surface area (Å²) in [6, 6.07) is 17.8. The van der Waals surface area contributed by atoms with E-state index in [0.717, 1.165) is 29.9 Å². The molecule has 1 amide bonds. The Morgan fingerprint density at radius 3 is 2.14 bits per heavy atom. The molecule has 1 aliphatic heterocycles. The number of carbonyl (C=O) groups is 1. The fourth-order valence-electron chi connectivity index (χ4n) is 2.53. The maximum Gasteiger partial charge on any atom is 0.227 e. The molecule has 0 bridgehead atoms. The van der Waals surface area contributed by atoms with E-state index >= 15 is 0 Å². The van der Waals surface area contributed by atoms with Gasteiger partial charge in [-0.25, -0.2) is 0 Å². The van der Waals surface area contributed by atoms with Crippen LogP contribution in [0, 0.1) is 5.92 Å². The number of benzene rings is 2. The molecular weight excluding hydrogens is 276 g/mol. The molecule has 4 heteroatoms. The van der Waals surface area contributed by atoms with Gasteiger partial charge in [-0.3, -0.25) is 4.79 Å². The van der Waals surface area contributed by atoms with Crippen molar-refractivity contribution in [1.82, 2.24) is 0 Å². The molecule has 1 aliphatic rings. The zero-order valence-electron chi connectivity index (χ0n) is 12.4. The van der Waals surface area contributed by atoms with E-state index < -0.39 is 0 Å². The van der Waals surface area contributed by atoms with Gasteiger partial charge in [0.05, 0.1) is 0 Å². The van der Waals surface area contributed by atoms with Gasteiger partial charge in [-0.1, -0.05) is 18.2 Å². The van der Waals surface area contributed by atoms with E-state index in [1.165, 1.54) is 0 Å². The third-order valence-electron chi connectivity index (χ3n) is 3.81. The first-order chi connectivity index (χ1) is 10.8. The minimum atomic E-state index is 0.0656. The van der Waals surface area contributed by atoms with Gasteiger partial charge in [0, 0.05) is 36.2 Å². The first kappa shape index (κ1) is 14.6. The quantitative estimate of drug-likeness (QED) is 0.902. The van der Waals surface area contributed by atoms with Crippen LogP contribution in [0.2, 0.25) is 0 Å². The molecule has 0 saturated carbocycles. The number of para-hydroxylation sites is 1. The van der Waals surface area contributed by atoms with Crippen molar-refractivity contribution < 1.29 is 9.53 Å². The fraction of sp³-hybridized carbons (Fsp3) is 0.278. The molecule has 0 radical (unpaired) electrons. The Kier molecular flexibility index (Phi) is 4.71. The molecule has 0 aliphatic carbocycles. The summed E-state index contributed by atoms with van der Waals surface area (Å²) in [6.45, 7) is 1.36. The highest BCUT2D eigenvalue weighted by molar-refractivity contribution is 5.92. The van der Waals surface area contributed by atoms with Crippen molar-refractivity contribution in [3.05, 3.63) is 54.6 Å². The molecule has 4 nitrogen and oxygen atoms in total. The maximum absolute atomic E-state index is 12.2. The van der Waals surface area contributed by atoms with Gasteiger partial charge in [0.1, 0.15) is 0 Å². The molecule has 2 aromatic carbocycles. The van der Waals surface area contributed by atoms with Crippen LogP contribution in [0.25, 0.3) is 0 Å². The second kappa shape index (κ2) is 7.09. The molecule has 1 fully saturated rings. The zero-order valence-corrected chi connectivity index (χ0v) is 12.4. The average molecular weight is 296 g/mol. The lowest BCUT2D eigenvalue weighted by molar-refractivity contribution is -0.122. The van der Waals surface area contributed by atoms with E-state index in [1.807, 2.05) is 54.6 Å². The molecule has 0 spiro atoms. The zero-order chi connectivity index (χ0) is 15.2. The number of rotatable bonds is 4. The number of hydrogen-bond acceptors (Lipinski definition) is 3. The van der Waals surface area contributed by atoms with Crippen molar-refractivity contribution in [3.63, 3.8) is 0 Å². The summed E-state index contributed by atoms with van der Waals surface area (Å²) in [7, 11) is 0. The Labute approximate surface area is 130 Å². The minimum Gasteiger partial charge on any atom is -0.381 e. The fourth-order valence-corrected chi connectivity index (χ4v) is 2.53. The number of ether oxygens (including phenoxy) is 1. The van der Waals surface area contributed by atoms with Gasteiger partial charge in [0.15, 0.2) is 0 Å². The van der Waals surface area contributed by atoms with Crippen LogP contribution in [0.1, 0.15) is 12.8 Å². The Morgan fingerprint density at radius 2 is 1.45 bits per heavy atom. The van der Waals surface area contributed by atoms with E-state index in [2.05, 4.69) is 10.6 Å². The van der Waals surface area contributed by atoms with Crippen LogP contribution in [0.4, 0.5) is 17.1 Å². The predicted octanol–water partition coefficient (Wildman–Crippen LogP) is 3.80. The highest BCUT2D eigenvalue weighted by Gasteiger charge is 2.21. The Balaban J connectivity index is 1.58. The van der Waals surface area contributed by atoms with Crippen LogP contribution in [0.15, 0.2) is 54.6 Å². The highest BCUT2D eigenvalue weighted by atomic mass is 16.5. The third-order valence-corrected chi connectivity index (χ3v) is 3.81. The van der Waals surface area contributed by atoms with Gasteiger partial charge in [-0.05, 0) is 49.2 Å². The van der Waals surface area contributed by atoms with Crippen LogP contribution in [-0.2, 0) is 9.53 Å². The summed E-state index contributed by atoms with van der Waals surface area (Å²) in [6.07, 6.45) is 1.61. The van der Waals surface area contributed by atoms with Crippen molar-refractivity contribution in [3.8, 4) is 0 Å². The number of carbonyl (C=O) groups excluding carboxylic acids is 1. The first-order valence-electron chi connectivity index (χ1n) is 7.62. The predicted molar refractivity (Wildman–Crippen MR) is 88.3 cm³/mol. The normalized spacial score (nSPS) is 15.3. The molecule has 1 heterocycles. The lowest BCUT2D eigenvalue weighted by Gasteiger charge is -2.21. The van der Waals surface area contributed by atoms with Crippen LogP contribution in [0.5, 0.6) is 0 Å². The third kappa shape index (κ3) is 3.86. The summed E-state index contributed by atoms with van der Waals surface area (Å²) >= 11 is 0. The van der Waals surface area contributed by atoms with Gasteiger partial charge in [-0.2, -0.15) is 0 Å². The maximum atomic E-state index is 12.2. The van der Waals surface area contributed by atoms with Crippen LogP contribution in [0.3, 0.4) is 0 Å². The van der Waals surface area contributed by atoms with Gasteiger partial charge >= 0.3 is 0 Å². The van der Waals surface area contributed by atoms with Gasteiger partial charge < -0.3 is 15.4 Å². The number of amides is 1. The topological polar surface area (TPSA) is 50.4 Å². The monoisotopic (exact) mass is 296 g/mol. The van der Waals surface area contributed by atoms with Crippen molar-refractivity contribution >= 4 is 23.0 Å². The molecule has 3 rings (SSSR count). The highest BCUT2D eigenvalue weighted by Crippen LogP contribution is 2.21. The number of hydrogen-bond donors (Lipinski definition) is 2. The van der Waals surface area contributed by atoms with E-state index in [-0.39, 0.29) is 11.8 Å².